The van der Waals surface area contributed by atoms with Gasteiger partial charge in [0, 0.05) is 23.2 Å². The molecule has 1 N–H and O–H groups in total. The van der Waals surface area contributed by atoms with E-state index in [4.69, 9.17) is 9.15 Å². The number of hydrogen-bond acceptors (Lipinski definition) is 6. The lowest BCUT2D eigenvalue weighted by Crippen LogP contribution is -2.35. The number of nitrogens with zero attached hydrogens (tertiary/aromatic N) is 2. The lowest BCUT2D eigenvalue weighted by Gasteiger charge is -2.24. The number of carbonyl (C=O) groups is 2. The van der Waals surface area contributed by atoms with Gasteiger partial charge in [0.15, 0.2) is 10.9 Å². The summed E-state index contributed by atoms with van der Waals surface area (Å²) in [5, 5.41) is 4.17. The van der Waals surface area contributed by atoms with Crippen LogP contribution in [-0.2, 0) is 17.7 Å². The van der Waals surface area contributed by atoms with E-state index in [0.717, 1.165) is 16.0 Å². The Hall–Kier alpha value is -2.87. The fourth-order valence-corrected chi connectivity index (χ4v) is 3.89. The second kappa shape index (κ2) is 6.80. The number of hydrogen-bond donors (Lipinski definition) is 1. The van der Waals surface area contributed by atoms with Crippen molar-refractivity contribution in [2.24, 2.45) is 0 Å². The van der Waals surface area contributed by atoms with Crippen LogP contribution in [0.1, 0.15) is 28.0 Å². The zero-order chi connectivity index (χ0) is 18.1. The maximum atomic E-state index is 12.4. The van der Waals surface area contributed by atoms with Crippen LogP contribution in [0.4, 0.5) is 9.93 Å². The van der Waals surface area contributed by atoms with Crippen LogP contribution in [0.15, 0.2) is 34.7 Å². The summed E-state index contributed by atoms with van der Waals surface area (Å²) < 4.78 is 10.6. The van der Waals surface area contributed by atoms with E-state index in [2.05, 4.69) is 10.3 Å². The Balaban J connectivity index is 1.48. The van der Waals surface area contributed by atoms with Gasteiger partial charge in [0.1, 0.15) is 5.58 Å². The van der Waals surface area contributed by atoms with Crippen molar-refractivity contribution in [1.29, 1.82) is 0 Å². The van der Waals surface area contributed by atoms with Gasteiger partial charge in [0.25, 0.3) is 5.91 Å². The van der Waals surface area contributed by atoms with Crippen molar-refractivity contribution in [3.63, 3.8) is 0 Å². The number of rotatable bonds is 3. The van der Waals surface area contributed by atoms with E-state index < -0.39 is 0 Å². The molecule has 3 heterocycles. The van der Waals surface area contributed by atoms with Crippen molar-refractivity contribution in [3.05, 3.63) is 46.7 Å². The van der Waals surface area contributed by atoms with E-state index in [9.17, 15) is 9.59 Å². The van der Waals surface area contributed by atoms with E-state index in [1.807, 2.05) is 24.3 Å². The summed E-state index contributed by atoms with van der Waals surface area (Å²) in [6.45, 7) is 3.15. The fourth-order valence-electron chi connectivity index (χ4n) is 2.87. The molecule has 26 heavy (non-hydrogen) atoms. The molecule has 0 radical (unpaired) electrons. The minimum atomic E-state index is -0.338. The Morgan fingerprint density at radius 2 is 2.23 bits per heavy atom. The molecule has 2 aromatic heterocycles. The third kappa shape index (κ3) is 3.15. The van der Waals surface area contributed by atoms with Crippen LogP contribution < -0.4 is 5.32 Å². The lowest BCUT2D eigenvalue weighted by atomic mass is 10.2. The lowest BCUT2D eigenvalue weighted by molar-refractivity contribution is 0.0997. The molecule has 0 saturated heterocycles. The first-order valence-corrected chi connectivity index (χ1v) is 9.16. The van der Waals surface area contributed by atoms with E-state index >= 15 is 0 Å². The molecule has 0 aliphatic carbocycles. The standard InChI is InChI=1S/C18H17N3O4S/c1-2-24-18(23)21-8-7-12-15(10-21)26-17(19-12)20-16(22)14-9-11-5-3-4-6-13(11)25-14/h3-6,9H,2,7-8,10H2,1H3,(H,19,20,22). The summed E-state index contributed by atoms with van der Waals surface area (Å²) in [6, 6.07) is 9.17. The molecule has 1 aliphatic rings. The summed E-state index contributed by atoms with van der Waals surface area (Å²) in [7, 11) is 0. The molecule has 0 atom stereocenters. The van der Waals surface area contributed by atoms with Gasteiger partial charge < -0.3 is 14.1 Å². The highest BCUT2D eigenvalue weighted by Gasteiger charge is 2.25. The van der Waals surface area contributed by atoms with Crippen molar-refractivity contribution in [2.45, 2.75) is 19.9 Å². The fraction of sp³-hybridized carbons (Fsp3) is 0.278. The van der Waals surface area contributed by atoms with E-state index in [0.29, 0.717) is 36.8 Å². The number of furan rings is 1. The second-order valence-electron chi connectivity index (χ2n) is 5.86. The van der Waals surface area contributed by atoms with Gasteiger partial charge in [-0.25, -0.2) is 9.78 Å². The van der Waals surface area contributed by atoms with Gasteiger partial charge in [-0.15, -0.1) is 0 Å². The van der Waals surface area contributed by atoms with Crippen molar-refractivity contribution >= 4 is 39.4 Å². The quantitative estimate of drug-likeness (QED) is 0.759. The Labute approximate surface area is 153 Å². The summed E-state index contributed by atoms with van der Waals surface area (Å²) >= 11 is 1.37. The number of anilines is 1. The first-order chi connectivity index (χ1) is 12.6. The van der Waals surface area contributed by atoms with E-state index in [-0.39, 0.29) is 17.8 Å². The van der Waals surface area contributed by atoms with Crippen LogP contribution in [0.3, 0.4) is 0 Å². The maximum absolute atomic E-state index is 12.4. The first-order valence-electron chi connectivity index (χ1n) is 8.34. The van der Waals surface area contributed by atoms with Gasteiger partial charge in [-0.1, -0.05) is 29.5 Å². The Morgan fingerprint density at radius 1 is 1.38 bits per heavy atom. The molecule has 7 nitrogen and oxygen atoms in total. The molecular weight excluding hydrogens is 354 g/mol. The largest absolute Gasteiger partial charge is 0.451 e. The zero-order valence-corrected chi connectivity index (χ0v) is 15.0. The highest BCUT2D eigenvalue weighted by Crippen LogP contribution is 2.29. The molecule has 3 aromatic rings. The minimum Gasteiger partial charge on any atom is -0.451 e. The molecular formula is C18H17N3O4S. The first kappa shape index (κ1) is 16.6. The highest BCUT2D eigenvalue weighted by molar-refractivity contribution is 7.15. The molecule has 0 bridgehead atoms. The molecule has 4 rings (SSSR count). The smallest absolute Gasteiger partial charge is 0.410 e. The van der Waals surface area contributed by atoms with Crippen LogP contribution >= 0.6 is 11.3 Å². The third-order valence-electron chi connectivity index (χ3n) is 4.13. The number of nitrogens with one attached hydrogen (secondary N) is 1. The molecule has 1 aliphatic heterocycles. The topological polar surface area (TPSA) is 84.7 Å². The van der Waals surface area contributed by atoms with Gasteiger partial charge in [-0.3, -0.25) is 10.1 Å². The van der Waals surface area contributed by atoms with Crippen LogP contribution in [0.25, 0.3) is 11.0 Å². The number of fused-ring (bicyclic) bond motifs is 2. The van der Waals surface area contributed by atoms with Gasteiger partial charge in [-0.2, -0.15) is 0 Å². The number of para-hydroxylation sites is 1. The van der Waals surface area contributed by atoms with Gasteiger partial charge in [0.2, 0.25) is 0 Å². The summed E-state index contributed by atoms with van der Waals surface area (Å²) in [6.07, 6.45) is 0.324. The number of amides is 2. The SMILES string of the molecule is CCOC(=O)N1CCc2nc(NC(=O)c3cc4ccccc4o3)sc2C1. The molecule has 134 valence electrons. The molecule has 1 aromatic carbocycles. The van der Waals surface area contributed by atoms with Gasteiger partial charge in [0.05, 0.1) is 18.8 Å². The van der Waals surface area contributed by atoms with Crippen molar-refractivity contribution in [1.82, 2.24) is 9.88 Å². The second-order valence-corrected chi connectivity index (χ2v) is 6.95. The van der Waals surface area contributed by atoms with Crippen LogP contribution in [0, 0.1) is 0 Å². The average Bonchev–Trinajstić information content (AvgIpc) is 3.24. The normalized spacial score (nSPS) is 13.5. The summed E-state index contributed by atoms with van der Waals surface area (Å²) in [5.41, 5.74) is 1.58. The van der Waals surface area contributed by atoms with Crippen molar-refractivity contribution in [3.8, 4) is 0 Å². The Bertz CT molecular complexity index is 945. The Kier molecular flexibility index (Phi) is 4.34. The summed E-state index contributed by atoms with van der Waals surface area (Å²) in [4.78, 5) is 31.4. The number of thiazole rings is 1. The average molecular weight is 371 g/mol. The van der Waals surface area contributed by atoms with Crippen LogP contribution in [-0.4, -0.2) is 35.0 Å². The molecule has 2 amide bonds. The summed E-state index contributed by atoms with van der Waals surface area (Å²) in [5.74, 6) is -0.0953. The van der Waals surface area contributed by atoms with Crippen LogP contribution in [0.5, 0.6) is 0 Å². The third-order valence-corrected chi connectivity index (χ3v) is 5.12. The van der Waals surface area contributed by atoms with Crippen LogP contribution in [0.2, 0.25) is 0 Å². The number of carbonyl (C=O) groups excluding carboxylic acids is 2. The van der Waals surface area contributed by atoms with Crippen molar-refractivity contribution in [2.75, 3.05) is 18.5 Å². The molecule has 0 unspecified atom stereocenters. The number of ether oxygens (including phenoxy) is 1. The van der Waals surface area contributed by atoms with Gasteiger partial charge in [-0.05, 0) is 19.1 Å². The number of benzene rings is 1. The van der Waals surface area contributed by atoms with E-state index in [1.165, 1.54) is 11.3 Å². The highest BCUT2D eigenvalue weighted by atomic mass is 32.1. The van der Waals surface area contributed by atoms with E-state index in [1.54, 1.807) is 17.9 Å². The molecule has 0 saturated carbocycles. The molecule has 0 spiro atoms. The van der Waals surface area contributed by atoms with Gasteiger partial charge >= 0.3 is 6.09 Å². The predicted octanol–water partition coefficient (Wildman–Crippen LogP) is 3.66. The zero-order valence-electron chi connectivity index (χ0n) is 14.2. The Morgan fingerprint density at radius 3 is 3.04 bits per heavy atom. The monoisotopic (exact) mass is 371 g/mol. The molecule has 0 fully saturated rings. The maximum Gasteiger partial charge on any atom is 0.410 e. The molecule has 8 heteroatoms. The minimum absolute atomic E-state index is 0.243. The number of aromatic nitrogens is 1. The predicted molar refractivity (Wildman–Crippen MR) is 97.4 cm³/mol. The van der Waals surface area contributed by atoms with Crippen molar-refractivity contribution < 1.29 is 18.7 Å².